The molecule has 0 bridgehead atoms. The van der Waals surface area contributed by atoms with Gasteiger partial charge >= 0.3 is 0 Å². The first-order valence-corrected chi connectivity index (χ1v) is 19.7. The van der Waals surface area contributed by atoms with E-state index in [0.717, 1.165) is 42.9 Å². The van der Waals surface area contributed by atoms with E-state index in [1.807, 2.05) is 66.8 Å². The second-order valence-electron chi connectivity index (χ2n) is 11.1. The van der Waals surface area contributed by atoms with Gasteiger partial charge in [0.25, 0.3) is 10.6 Å². The zero-order valence-corrected chi connectivity index (χ0v) is 29.7. The molecule has 0 fully saturated rings. The van der Waals surface area contributed by atoms with Gasteiger partial charge in [0.15, 0.2) is 6.54 Å². The van der Waals surface area contributed by atoms with Gasteiger partial charge < -0.3 is 9.45 Å². The third-order valence-electron chi connectivity index (χ3n) is 7.89. The third-order valence-corrected chi connectivity index (χ3v) is 12.1. The van der Waals surface area contributed by atoms with Crippen molar-refractivity contribution >= 4 is 62.4 Å². The molecular formula is C37H35N3O4S4. The minimum absolute atomic E-state index is 0.0816. The number of nitrogens with zero attached hydrogens (tertiary/aromatic N) is 3. The molecule has 3 heterocycles. The van der Waals surface area contributed by atoms with Crippen molar-refractivity contribution in [2.45, 2.75) is 37.8 Å². The molecule has 11 heteroatoms. The minimum atomic E-state index is -4.31. The lowest BCUT2D eigenvalue weighted by molar-refractivity contribution is -0.683. The molecule has 0 radical (unpaired) electrons. The second-order valence-corrected chi connectivity index (χ2v) is 15.8. The molecule has 3 aromatic carbocycles. The Bertz CT molecular complexity index is 2250. The van der Waals surface area contributed by atoms with Crippen LogP contribution < -0.4 is 24.2 Å². The number of hydrogen-bond acceptors (Lipinski definition) is 8. The molecule has 6 rings (SSSR count). The summed E-state index contributed by atoms with van der Waals surface area (Å²) in [6.07, 6.45) is 8.48. The number of unbranched alkanes of at least 4 members (excludes halogenated alkanes) is 1. The summed E-state index contributed by atoms with van der Waals surface area (Å²) in [6, 6.07) is 28.6. The summed E-state index contributed by atoms with van der Waals surface area (Å²) >= 11 is 4.76. The van der Waals surface area contributed by atoms with Crippen molar-refractivity contribution in [2.24, 2.45) is 0 Å². The van der Waals surface area contributed by atoms with E-state index >= 15 is 0 Å². The van der Waals surface area contributed by atoms with Crippen molar-refractivity contribution in [1.82, 2.24) is 4.57 Å². The van der Waals surface area contributed by atoms with Crippen LogP contribution in [0.1, 0.15) is 24.8 Å². The Labute approximate surface area is 292 Å². The number of hydrogen-bond donors (Lipinski definition) is 0. The van der Waals surface area contributed by atoms with Gasteiger partial charge in [-0.15, -0.1) is 17.9 Å². The van der Waals surface area contributed by atoms with Crippen LogP contribution in [0.4, 0.5) is 5.69 Å². The lowest BCUT2D eigenvalue weighted by atomic mass is 10.1. The molecule has 1 aliphatic rings. The zero-order chi connectivity index (χ0) is 33.7. The zero-order valence-electron chi connectivity index (χ0n) is 26.4. The van der Waals surface area contributed by atoms with E-state index in [0.29, 0.717) is 24.0 Å². The molecule has 0 unspecified atom stereocenters. The van der Waals surface area contributed by atoms with Gasteiger partial charge in [0, 0.05) is 35.7 Å². The molecule has 0 atom stereocenters. The Morgan fingerprint density at radius 2 is 1.58 bits per heavy atom. The third kappa shape index (κ3) is 7.50. The van der Waals surface area contributed by atoms with E-state index in [1.54, 1.807) is 33.7 Å². The first kappa shape index (κ1) is 33.9. The molecule has 48 heavy (non-hydrogen) atoms. The highest BCUT2D eigenvalue weighted by Crippen LogP contribution is 2.45. The molecule has 0 spiro atoms. The number of thiazole rings is 2. The summed E-state index contributed by atoms with van der Waals surface area (Å²) in [5.41, 5.74) is 4.18. The van der Waals surface area contributed by atoms with Gasteiger partial charge in [-0.05, 0) is 55.3 Å². The van der Waals surface area contributed by atoms with Crippen LogP contribution in [-0.2, 0) is 23.2 Å². The fraction of sp³-hybridized carbons (Fsp3) is 0.189. The van der Waals surface area contributed by atoms with Gasteiger partial charge in [-0.1, -0.05) is 89.8 Å². The van der Waals surface area contributed by atoms with E-state index in [-0.39, 0.29) is 12.0 Å². The highest BCUT2D eigenvalue weighted by atomic mass is 32.2. The first-order valence-electron chi connectivity index (χ1n) is 15.7. The summed E-state index contributed by atoms with van der Waals surface area (Å²) in [5, 5.41) is 1.99. The van der Waals surface area contributed by atoms with Crippen LogP contribution in [0.25, 0.3) is 33.9 Å². The Morgan fingerprint density at radius 3 is 2.27 bits per heavy atom. The highest BCUT2D eigenvalue weighted by Gasteiger charge is 2.28. The maximum absolute atomic E-state index is 13.8. The van der Waals surface area contributed by atoms with Crippen molar-refractivity contribution in [3.8, 4) is 21.7 Å². The number of rotatable bonds is 12. The number of anilines is 1. The molecule has 0 amide bonds. The van der Waals surface area contributed by atoms with Crippen molar-refractivity contribution in [2.75, 3.05) is 17.2 Å². The monoisotopic (exact) mass is 713 g/mol. The van der Waals surface area contributed by atoms with Crippen LogP contribution in [0.15, 0.2) is 118 Å². The smallest absolute Gasteiger partial charge is 0.269 e. The Balaban J connectivity index is 1.50. The maximum Gasteiger partial charge on any atom is 0.269 e. The lowest BCUT2D eigenvalue weighted by Crippen LogP contribution is -2.38. The maximum atomic E-state index is 13.8. The summed E-state index contributed by atoms with van der Waals surface area (Å²) in [7, 11) is -4.31. The van der Waals surface area contributed by atoms with Crippen molar-refractivity contribution in [3.63, 3.8) is 0 Å². The largest absolute Gasteiger partial charge is 0.748 e. The molecule has 5 aromatic rings. The Morgan fingerprint density at radius 1 is 0.896 bits per heavy atom. The summed E-state index contributed by atoms with van der Waals surface area (Å²) < 4.78 is 39.5. The molecule has 0 saturated carbocycles. The number of aromatic nitrogens is 2. The van der Waals surface area contributed by atoms with Gasteiger partial charge in [-0.2, -0.15) is 4.57 Å². The average molecular weight is 714 g/mol. The summed E-state index contributed by atoms with van der Waals surface area (Å²) in [4.78, 5) is 18.3. The van der Waals surface area contributed by atoms with Gasteiger partial charge in [0.2, 0.25) is 5.69 Å². The van der Waals surface area contributed by atoms with E-state index in [1.165, 1.54) is 21.9 Å². The first-order chi connectivity index (χ1) is 23.3. The quantitative estimate of drug-likeness (QED) is 0.0664. The van der Waals surface area contributed by atoms with Gasteiger partial charge in [0.1, 0.15) is 9.54 Å². The number of thioether (sulfide) groups is 1. The molecule has 0 saturated heterocycles. The summed E-state index contributed by atoms with van der Waals surface area (Å²) in [6.45, 7) is 7.71. The predicted octanol–water partition coefficient (Wildman–Crippen LogP) is 6.19. The van der Waals surface area contributed by atoms with Crippen LogP contribution in [0.3, 0.4) is 0 Å². The predicted molar refractivity (Wildman–Crippen MR) is 199 cm³/mol. The Hall–Kier alpha value is -4.00. The lowest BCUT2D eigenvalue weighted by Gasteiger charge is -2.17. The fourth-order valence-electron chi connectivity index (χ4n) is 5.70. The van der Waals surface area contributed by atoms with Crippen LogP contribution in [-0.4, -0.2) is 29.8 Å². The topological polar surface area (TPSA) is 86.3 Å². The standard InChI is InChI=1S/C37H35N3O4S4/c1-3-23-40-34(46-31(37(40)41)21-22-32-38(4-2)29-19-11-12-20-30(29)45-32)26-33-39(24-13-14-25-48(42,43)44)35(27-15-7-5-8-16-27)36(47-33)28-17-9-6-10-18-28/h3,5-12,15-22,26H,1,4,13-14,23-25H2,2H3/b31-21-,32-22+. The van der Waals surface area contributed by atoms with Gasteiger partial charge in [-0.25, -0.2) is 8.42 Å². The van der Waals surface area contributed by atoms with Crippen LogP contribution in [0.2, 0.25) is 0 Å². The second kappa shape index (κ2) is 15.0. The number of benzene rings is 3. The SMILES string of the molecule is C=CCn1c(=O)/c(=C/C=C2/Sc3ccccc3N2CC)s/c1=C\c1sc(-c2ccccc2)c(-c2ccccc2)[n+]1CCCCS(=O)(=O)[O-]. The van der Waals surface area contributed by atoms with E-state index in [9.17, 15) is 17.8 Å². The van der Waals surface area contributed by atoms with E-state index < -0.39 is 15.9 Å². The van der Waals surface area contributed by atoms with Crippen molar-refractivity contribution in [1.29, 1.82) is 0 Å². The van der Waals surface area contributed by atoms with Crippen LogP contribution >= 0.6 is 34.4 Å². The molecule has 2 aromatic heterocycles. The van der Waals surface area contributed by atoms with Crippen molar-refractivity contribution in [3.05, 3.63) is 133 Å². The normalized spacial score (nSPS) is 14.6. The van der Waals surface area contributed by atoms with Gasteiger partial charge in [-0.3, -0.25) is 9.36 Å². The fourth-order valence-corrected chi connectivity index (χ4v) is 9.71. The number of allylic oxidation sites excluding steroid dienone is 2. The molecular weight excluding hydrogens is 679 g/mol. The highest BCUT2D eigenvalue weighted by molar-refractivity contribution is 8.03. The van der Waals surface area contributed by atoms with Crippen LogP contribution in [0.5, 0.6) is 0 Å². The van der Waals surface area contributed by atoms with Crippen LogP contribution in [0, 0.1) is 0 Å². The molecule has 246 valence electrons. The average Bonchev–Trinajstić information content (AvgIpc) is 3.73. The van der Waals surface area contributed by atoms with E-state index in [4.69, 9.17) is 0 Å². The number of para-hydroxylation sites is 1. The molecule has 1 aliphatic heterocycles. The van der Waals surface area contributed by atoms with Gasteiger partial charge in [0.05, 0.1) is 31.4 Å². The molecule has 0 aliphatic carbocycles. The minimum Gasteiger partial charge on any atom is -0.748 e. The Kier molecular flexibility index (Phi) is 10.6. The summed E-state index contributed by atoms with van der Waals surface area (Å²) in [5.74, 6) is -0.402. The molecule has 0 N–H and O–H groups in total. The van der Waals surface area contributed by atoms with E-state index in [2.05, 4.69) is 59.4 Å². The molecule has 7 nitrogen and oxygen atoms in total. The van der Waals surface area contributed by atoms with Crippen molar-refractivity contribution < 1.29 is 17.5 Å². The number of fused-ring (bicyclic) bond motifs is 1.